The zero-order valence-corrected chi connectivity index (χ0v) is 11.4. The van der Waals surface area contributed by atoms with Crippen LogP contribution < -0.4 is 10.5 Å². The van der Waals surface area contributed by atoms with Crippen LogP contribution in [0, 0.1) is 5.92 Å². The summed E-state index contributed by atoms with van der Waals surface area (Å²) >= 11 is 0. The molecule has 1 aliphatic carbocycles. The Balaban J connectivity index is 1.95. The number of anilines is 1. The maximum Gasteiger partial charge on any atom is 0.340 e. The Morgan fingerprint density at radius 2 is 2.05 bits per heavy atom. The number of ether oxygens (including phenoxy) is 2. The van der Waals surface area contributed by atoms with E-state index in [2.05, 4.69) is 0 Å². The van der Waals surface area contributed by atoms with Crippen molar-refractivity contribution in [2.75, 3.05) is 19.5 Å². The molecule has 4 nitrogen and oxygen atoms in total. The van der Waals surface area contributed by atoms with Crippen molar-refractivity contribution in [1.29, 1.82) is 0 Å². The standard InChI is InChI=1S/C15H21NO3/c1-18-13-9-5-8-12(14(13)16)15(17)19-10-11-6-3-2-4-7-11/h5,8-9,11H,2-4,6-7,10,16H2,1H3. The number of nitrogens with two attached hydrogens (primary N) is 1. The van der Waals surface area contributed by atoms with Gasteiger partial charge in [-0.1, -0.05) is 25.3 Å². The van der Waals surface area contributed by atoms with Gasteiger partial charge in [0.15, 0.2) is 0 Å². The molecular weight excluding hydrogens is 242 g/mol. The van der Waals surface area contributed by atoms with E-state index in [1.807, 2.05) is 0 Å². The monoisotopic (exact) mass is 263 g/mol. The molecule has 0 saturated heterocycles. The van der Waals surface area contributed by atoms with Crippen LogP contribution in [0.15, 0.2) is 18.2 Å². The number of methoxy groups -OCH3 is 1. The van der Waals surface area contributed by atoms with Gasteiger partial charge >= 0.3 is 5.97 Å². The first-order valence-electron chi connectivity index (χ1n) is 6.82. The van der Waals surface area contributed by atoms with Crippen LogP contribution in [0.2, 0.25) is 0 Å². The normalized spacial score (nSPS) is 16.1. The number of para-hydroxylation sites is 1. The Kier molecular flexibility index (Phi) is 4.66. The first-order valence-corrected chi connectivity index (χ1v) is 6.82. The molecular formula is C15H21NO3. The second-order valence-corrected chi connectivity index (χ2v) is 5.02. The minimum absolute atomic E-state index is 0.346. The summed E-state index contributed by atoms with van der Waals surface area (Å²) in [6.07, 6.45) is 6.09. The molecule has 0 unspecified atom stereocenters. The molecule has 0 amide bonds. The minimum Gasteiger partial charge on any atom is -0.495 e. The molecule has 1 fully saturated rings. The Morgan fingerprint density at radius 1 is 1.32 bits per heavy atom. The van der Waals surface area contributed by atoms with Crippen LogP contribution in [0.1, 0.15) is 42.5 Å². The summed E-state index contributed by atoms with van der Waals surface area (Å²) < 4.78 is 10.5. The highest BCUT2D eigenvalue weighted by Gasteiger charge is 2.18. The maximum atomic E-state index is 12.0. The molecule has 0 aromatic heterocycles. The molecule has 1 aliphatic rings. The van der Waals surface area contributed by atoms with Gasteiger partial charge in [-0.2, -0.15) is 0 Å². The van der Waals surface area contributed by atoms with Gasteiger partial charge in [-0.3, -0.25) is 0 Å². The highest BCUT2D eigenvalue weighted by atomic mass is 16.5. The first-order chi connectivity index (χ1) is 9.22. The van der Waals surface area contributed by atoms with Gasteiger partial charge in [0, 0.05) is 0 Å². The van der Waals surface area contributed by atoms with Crippen LogP contribution in [-0.2, 0) is 4.74 Å². The zero-order chi connectivity index (χ0) is 13.7. The number of benzene rings is 1. The molecule has 0 heterocycles. The van der Waals surface area contributed by atoms with E-state index in [-0.39, 0.29) is 5.97 Å². The summed E-state index contributed by atoms with van der Waals surface area (Å²) in [5.74, 6) is 0.652. The fraction of sp³-hybridized carbons (Fsp3) is 0.533. The lowest BCUT2D eigenvalue weighted by Gasteiger charge is -2.21. The predicted octanol–water partition coefficient (Wildman–Crippen LogP) is 3.01. The Hall–Kier alpha value is -1.71. The van der Waals surface area contributed by atoms with Crippen LogP contribution in [0.4, 0.5) is 5.69 Å². The van der Waals surface area contributed by atoms with Gasteiger partial charge in [-0.15, -0.1) is 0 Å². The number of hydrogen-bond donors (Lipinski definition) is 1. The van der Waals surface area contributed by atoms with Gasteiger partial charge < -0.3 is 15.2 Å². The van der Waals surface area contributed by atoms with E-state index in [9.17, 15) is 4.79 Å². The Labute approximate surface area is 113 Å². The molecule has 2 N–H and O–H groups in total. The van der Waals surface area contributed by atoms with Crippen molar-refractivity contribution in [3.8, 4) is 5.75 Å². The van der Waals surface area contributed by atoms with E-state index in [0.29, 0.717) is 29.5 Å². The number of rotatable bonds is 4. The lowest BCUT2D eigenvalue weighted by atomic mass is 9.90. The summed E-state index contributed by atoms with van der Waals surface area (Å²) in [6.45, 7) is 0.496. The van der Waals surface area contributed by atoms with Crippen molar-refractivity contribution < 1.29 is 14.3 Å². The van der Waals surface area contributed by atoms with Crippen molar-refractivity contribution >= 4 is 11.7 Å². The minimum atomic E-state index is -0.359. The van der Waals surface area contributed by atoms with Crippen molar-refractivity contribution in [2.24, 2.45) is 5.92 Å². The zero-order valence-electron chi connectivity index (χ0n) is 11.4. The average molecular weight is 263 g/mol. The van der Waals surface area contributed by atoms with E-state index in [1.54, 1.807) is 18.2 Å². The van der Waals surface area contributed by atoms with Crippen LogP contribution in [0.3, 0.4) is 0 Å². The van der Waals surface area contributed by atoms with Crippen molar-refractivity contribution in [3.05, 3.63) is 23.8 Å². The highest BCUT2D eigenvalue weighted by molar-refractivity contribution is 5.96. The predicted molar refractivity (Wildman–Crippen MR) is 74.3 cm³/mol. The molecule has 4 heteroatoms. The molecule has 0 aliphatic heterocycles. The second-order valence-electron chi connectivity index (χ2n) is 5.02. The van der Waals surface area contributed by atoms with E-state index in [4.69, 9.17) is 15.2 Å². The largest absolute Gasteiger partial charge is 0.495 e. The molecule has 1 aromatic rings. The molecule has 0 spiro atoms. The van der Waals surface area contributed by atoms with Crippen LogP contribution in [0.5, 0.6) is 5.75 Å². The molecule has 0 radical (unpaired) electrons. The molecule has 0 atom stereocenters. The van der Waals surface area contributed by atoms with Gasteiger partial charge in [0.25, 0.3) is 0 Å². The summed E-state index contributed by atoms with van der Waals surface area (Å²) in [4.78, 5) is 12.0. The molecule has 0 bridgehead atoms. The third kappa shape index (κ3) is 3.40. The molecule has 1 aromatic carbocycles. The number of nitrogen functional groups attached to an aromatic ring is 1. The number of carbonyl (C=O) groups is 1. The summed E-state index contributed by atoms with van der Waals surface area (Å²) in [5, 5.41) is 0. The summed E-state index contributed by atoms with van der Waals surface area (Å²) in [6, 6.07) is 5.14. The van der Waals surface area contributed by atoms with Gasteiger partial charge in [-0.05, 0) is 30.9 Å². The number of carbonyl (C=O) groups excluding carboxylic acids is 1. The van der Waals surface area contributed by atoms with E-state index >= 15 is 0 Å². The number of hydrogen-bond acceptors (Lipinski definition) is 4. The molecule has 19 heavy (non-hydrogen) atoms. The molecule has 2 rings (SSSR count). The van der Waals surface area contributed by atoms with E-state index in [0.717, 1.165) is 12.8 Å². The first kappa shape index (κ1) is 13.7. The number of esters is 1. The lowest BCUT2D eigenvalue weighted by Crippen LogP contribution is -2.17. The fourth-order valence-corrected chi connectivity index (χ4v) is 2.53. The topological polar surface area (TPSA) is 61.5 Å². The quantitative estimate of drug-likeness (QED) is 0.670. The summed E-state index contributed by atoms with van der Waals surface area (Å²) in [5.41, 5.74) is 6.61. The average Bonchev–Trinajstić information content (AvgIpc) is 2.46. The molecule has 104 valence electrons. The van der Waals surface area contributed by atoms with Crippen LogP contribution in [0.25, 0.3) is 0 Å². The maximum absolute atomic E-state index is 12.0. The molecule has 1 saturated carbocycles. The van der Waals surface area contributed by atoms with Crippen LogP contribution >= 0.6 is 0 Å². The van der Waals surface area contributed by atoms with Crippen molar-refractivity contribution in [2.45, 2.75) is 32.1 Å². The van der Waals surface area contributed by atoms with E-state index < -0.39 is 0 Å². The van der Waals surface area contributed by atoms with Crippen molar-refractivity contribution in [3.63, 3.8) is 0 Å². The third-order valence-electron chi connectivity index (χ3n) is 3.68. The third-order valence-corrected chi connectivity index (χ3v) is 3.68. The summed E-state index contributed by atoms with van der Waals surface area (Å²) in [7, 11) is 1.53. The SMILES string of the molecule is COc1cccc(C(=O)OCC2CCCCC2)c1N. The second kappa shape index (κ2) is 6.45. The van der Waals surface area contributed by atoms with Crippen molar-refractivity contribution in [1.82, 2.24) is 0 Å². The van der Waals surface area contributed by atoms with Gasteiger partial charge in [0.1, 0.15) is 5.75 Å². The lowest BCUT2D eigenvalue weighted by molar-refractivity contribution is 0.0411. The van der Waals surface area contributed by atoms with Gasteiger partial charge in [0.2, 0.25) is 0 Å². The smallest absolute Gasteiger partial charge is 0.340 e. The van der Waals surface area contributed by atoms with Gasteiger partial charge in [-0.25, -0.2) is 4.79 Å². The van der Waals surface area contributed by atoms with E-state index in [1.165, 1.54) is 26.4 Å². The fourth-order valence-electron chi connectivity index (χ4n) is 2.53. The Morgan fingerprint density at radius 3 is 2.74 bits per heavy atom. The highest BCUT2D eigenvalue weighted by Crippen LogP contribution is 2.27. The van der Waals surface area contributed by atoms with Gasteiger partial charge in [0.05, 0.1) is 25.0 Å². The Bertz CT molecular complexity index is 439. The van der Waals surface area contributed by atoms with Crippen LogP contribution in [-0.4, -0.2) is 19.7 Å².